The van der Waals surface area contributed by atoms with Crippen LogP contribution in [0.1, 0.15) is 18.2 Å². The van der Waals surface area contributed by atoms with Crippen molar-refractivity contribution in [3.8, 4) is 0 Å². The van der Waals surface area contributed by atoms with Crippen LogP contribution in [0.4, 0.5) is 0 Å². The van der Waals surface area contributed by atoms with Gasteiger partial charge in [0.1, 0.15) is 18.9 Å². The first kappa shape index (κ1) is 21.3. The summed E-state index contributed by atoms with van der Waals surface area (Å²) in [5.74, 6) is 0. The highest BCUT2D eigenvalue weighted by atomic mass is 127. The Morgan fingerprint density at radius 3 is 2.67 bits per heavy atom. The van der Waals surface area contributed by atoms with Crippen molar-refractivity contribution < 1.29 is 43.0 Å². The summed E-state index contributed by atoms with van der Waals surface area (Å²) in [5, 5.41) is 9.47. The van der Waals surface area contributed by atoms with Crippen molar-refractivity contribution in [2.24, 2.45) is 0 Å². The van der Waals surface area contributed by atoms with Gasteiger partial charge in [0, 0.05) is 18.2 Å². The number of aromatic nitrogens is 2. The highest BCUT2D eigenvalue weighted by Gasteiger charge is 2.37. The average molecular weight is 455 g/mol. The van der Waals surface area contributed by atoms with Crippen molar-refractivity contribution in [3.05, 3.63) is 32.6 Å². The van der Waals surface area contributed by atoms with Gasteiger partial charge < -0.3 is 43.0 Å². The van der Waals surface area contributed by atoms with Crippen molar-refractivity contribution >= 4 is 0 Å². The number of ether oxygens (including phenoxy) is 2. The number of aryl methyl sites for hydroxylation is 1. The molecule has 1 aromatic rings. The van der Waals surface area contributed by atoms with Gasteiger partial charge in [-0.3, -0.25) is 14.3 Å². The van der Waals surface area contributed by atoms with E-state index in [1.54, 1.807) is 6.92 Å². The molecule has 0 bridgehead atoms. The molecule has 0 radical (unpaired) electrons. The Hall–Kier alpha value is -0.750. The average Bonchev–Trinajstić information content (AvgIpc) is 2.84. The zero-order valence-electron chi connectivity index (χ0n) is 14.5. The van der Waals surface area contributed by atoms with E-state index in [4.69, 9.17) is 9.47 Å². The van der Waals surface area contributed by atoms with Crippen LogP contribution in [0.15, 0.2) is 15.8 Å². The lowest BCUT2D eigenvalue weighted by Gasteiger charge is -2.25. The van der Waals surface area contributed by atoms with E-state index in [2.05, 4.69) is 26.1 Å². The van der Waals surface area contributed by atoms with E-state index in [9.17, 15) is 14.7 Å². The van der Waals surface area contributed by atoms with Gasteiger partial charge in [-0.25, -0.2) is 4.79 Å². The molecule has 1 aliphatic heterocycles. The van der Waals surface area contributed by atoms with Crippen LogP contribution in [-0.2, 0) is 9.47 Å². The summed E-state index contributed by atoms with van der Waals surface area (Å²) in [6, 6.07) is 0. The molecule has 2 N–H and O–H groups in total. The number of aliphatic hydroxyl groups excluding tert-OH is 1. The maximum Gasteiger partial charge on any atom is 0.330 e. The van der Waals surface area contributed by atoms with Gasteiger partial charge in [-0.1, -0.05) is 0 Å². The monoisotopic (exact) mass is 455 g/mol. The second-order valence-corrected chi connectivity index (χ2v) is 6.95. The smallest absolute Gasteiger partial charge is 0.330 e. The molecule has 1 saturated heterocycles. The fraction of sp³-hybridized carbons (Fsp3) is 0.733. The molecule has 1 aromatic heterocycles. The standard InChI is InChI=1S/C15H25N3O5.HI/c1-10-8-17(15(21)16-14(10)20)13-7-11(12(9-19)23-13)22-6-5-18(2,3)4;/h8,11-13,19H,5-7,9H2,1-4H3;1H/t11-,12+,13+;/m0./s1. The first-order valence-electron chi connectivity index (χ1n) is 7.71. The summed E-state index contributed by atoms with van der Waals surface area (Å²) >= 11 is 0. The summed E-state index contributed by atoms with van der Waals surface area (Å²) in [5.41, 5.74) is -0.490. The number of halogens is 1. The summed E-state index contributed by atoms with van der Waals surface area (Å²) in [4.78, 5) is 25.7. The van der Waals surface area contributed by atoms with Crippen LogP contribution in [0.25, 0.3) is 0 Å². The van der Waals surface area contributed by atoms with E-state index >= 15 is 0 Å². The second-order valence-electron chi connectivity index (χ2n) is 6.95. The number of rotatable bonds is 6. The molecular formula is C15H26IN3O5. The van der Waals surface area contributed by atoms with Crippen molar-refractivity contribution in [1.29, 1.82) is 0 Å². The molecule has 0 amide bonds. The van der Waals surface area contributed by atoms with E-state index in [0.29, 0.717) is 18.6 Å². The molecule has 0 saturated carbocycles. The number of hydrogen-bond donors (Lipinski definition) is 2. The van der Waals surface area contributed by atoms with Crippen LogP contribution in [0, 0.1) is 6.92 Å². The summed E-state index contributed by atoms with van der Waals surface area (Å²) < 4.78 is 13.7. The van der Waals surface area contributed by atoms with Crippen LogP contribution >= 0.6 is 0 Å². The molecule has 8 nitrogen and oxygen atoms in total. The molecule has 138 valence electrons. The molecule has 2 rings (SSSR count). The van der Waals surface area contributed by atoms with E-state index in [1.165, 1.54) is 10.8 Å². The van der Waals surface area contributed by atoms with Crippen molar-refractivity contribution in [2.45, 2.75) is 31.8 Å². The topological polar surface area (TPSA) is 93.6 Å². The third-order valence-electron chi connectivity index (χ3n) is 3.91. The van der Waals surface area contributed by atoms with Gasteiger partial charge in [-0.15, -0.1) is 0 Å². The van der Waals surface area contributed by atoms with Gasteiger partial charge in [0.25, 0.3) is 5.56 Å². The summed E-state index contributed by atoms with van der Waals surface area (Å²) in [6.07, 6.45) is 0.620. The van der Waals surface area contributed by atoms with E-state index in [0.717, 1.165) is 11.0 Å². The third-order valence-corrected chi connectivity index (χ3v) is 3.91. The maximum absolute atomic E-state index is 11.9. The summed E-state index contributed by atoms with van der Waals surface area (Å²) in [6.45, 7) is 2.82. The predicted octanol–water partition coefficient (Wildman–Crippen LogP) is -3.78. The van der Waals surface area contributed by atoms with Gasteiger partial charge in [-0.05, 0) is 6.92 Å². The number of nitrogens with zero attached hydrogens (tertiary/aromatic N) is 2. The minimum Gasteiger partial charge on any atom is -1.00 e. The third kappa shape index (κ3) is 5.38. The highest BCUT2D eigenvalue weighted by molar-refractivity contribution is 5.02. The van der Waals surface area contributed by atoms with E-state index in [-0.39, 0.29) is 36.7 Å². The van der Waals surface area contributed by atoms with Crippen LogP contribution in [0.3, 0.4) is 0 Å². The predicted molar refractivity (Wildman–Crippen MR) is 84.3 cm³/mol. The van der Waals surface area contributed by atoms with Crippen molar-refractivity contribution in [3.63, 3.8) is 0 Å². The Morgan fingerprint density at radius 1 is 1.42 bits per heavy atom. The Labute approximate surface area is 158 Å². The van der Waals surface area contributed by atoms with Crippen LogP contribution in [-0.4, -0.2) is 72.3 Å². The minimum absolute atomic E-state index is 0. The fourth-order valence-corrected chi connectivity index (χ4v) is 2.49. The lowest BCUT2D eigenvalue weighted by molar-refractivity contribution is -0.870. The Balaban J connectivity index is 0.00000288. The highest BCUT2D eigenvalue weighted by Crippen LogP contribution is 2.29. The molecule has 0 aliphatic carbocycles. The molecule has 1 fully saturated rings. The number of aromatic amines is 1. The van der Waals surface area contributed by atoms with Crippen molar-refractivity contribution in [1.82, 2.24) is 9.55 Å². The molecule has 0 spiro atoms. The maximum atomic E-state index is 11.9. The zero-order valence-corrected chi connectivity index (χ0v) is 16.6. The lowest BCUT2D eigenvalue weighted by atomic mass is 10.2. The van der Waals surface area contributed by atoms with Gasteiger partial charge in [0.15, 0.2) is 0 Å². The molecule has 0 unspecified atom stereocenters. The first-order valence-corrected chi connectivity index (χ1v) is 7.71. The Morgan fingerprint density at radius 2 is 2.08 bits per heavy atom. The zero-order chi connectivity index (χ0) is 17.2. The first-order chi connectivity index (χ1) is 10.7. The minimum atomic E-state index is -0.552. The van der Waals surface area contributed by atoms with Crippen LogP contribution < -0.4 is 35.2 Å². The lowest BCUT2D eigenvalue weighted by Crippen LogP contribution is -3.00. The summed E-state index contributed by atoms with van der Waals surface area (Å²) in [7, 11) is 6.22. The molecule has 3 atom stereocenters. The largest absolute Gasteiger partial charge is 1.00 e. The number of nitrogens with one attached hydrogen (secondary N) is 1. The van der Waals surface area contributed by atoms with Crippen molar-refractivity contribution in [2.75, 3.05) is 40.9 Å². The molecular weight excluding hydrogens is 429 g/mol. The quantitative estimate of drug-likeness (QED) is 0.340. The normalized spacial score (nSPS) is 24.0. The second kappa shape index (κ2) is 8.56. The van der Waals surface area contributed by atoms with Gasteiger partial charge >= 0.3 is 5.69 Å². The van der Waals surface area contributed by atoms with E-state index in [1.807, 2.05) is 0 Å². The number of hydrogen-bond acceptors (Lipinski definition) is 5. The number of likely N-dealkylation sites (N-methyl/N-ethyl adjacent to an activating group) is 1. The molecule has 1 aliphatic rings. The fourth-order valence-electron chi connectivity index (χ4n) is 2.49. The Kier molecular flexibility index (Phi) is 7.60. The number of H-pyrrole nitrogens is 1. The SMILES string of the molecule is Cc1cn([C@H]2C[C@H](OCC[N+](C)(C)C)[C@@H](CO)O2)c(=O)[nH]c1=O.[I-]. The molecule has 9 heteroatoms. The molecule has 24 heavy (non-hydrogen) atoms. The van der Waals surface area contributed by atoms with Crippen LogP contribution in [0.2, 0.25) is 0 Å². The van der Waals surface area contributed by atoms with Crippen LogP contribution in [0.5, 0.6) is 0 Å². The van der Waals surface area contributed by atoms with Gasteiger partial charge in [0.05, 0.1) is 40.5 Å². The molecule has 2 heterocycles. The van der Waals surface area contributed by atoms with E-state index < -0.39 is 23.6 Å². The number of aliphatic hydroxyl groups is 1. The van der Waals surface area contributed by atoms with Gasteiger partial charge in [0.2, 0.25) is 0 Å². The molecule has 0 aromatic carbocycles. The number of quaternary nitrogens is 1. The van der Waals surface area contributed by atoms with Gasteiger partial charge in [-0.2, -0.15) is 0 Å². The Bertz CT molecular complexity index is 652.